The lowest BCUT2D eigenvalue weighted by Gasteiger charge is -2.37. The minimum atomic E-state index is 0.557. The lowest BCUT2D eigenvalue weighted by molar-refractivity contribution is 0.248. The van der Waals surface area contributed by atoms with Gasteiger partial charge in [-0.2, -0.15) is 0 Å². The summed E-state index contributed by atoms with van der Waals surface area (Å²) in [5, 5.41) is 17.5. The third-order valence-electron chi connectivity index (χ3n) is 24.7. The van der Waals surface area contributed by atoms with E-state index in [0.717, 1.165) is 149 Å². The third kappa shape index (κ3) is 31.8. The number of nitrogen functional groups attached to an aromatic ring is 8. The van der Waals surface area contributed by atoms with Crippen molar-refractivity contribution < 1.29 is 0 Å². The predicted molar refractivity (Wildman–Crippen MR) is 523 cm³/mol. The zero-order valence-corrected chi connectivity index (χ0v) is 75.3. The number of piperazine rings is 2. The first-order valence-corrected chi connectivity index (χ1v) is 44.6. The van der Waals surface area contributed by atoms with Gasteiger partial charge in [-0.25, -0.2) is 0 Å². The van der Waals surface area contributed by atoms with E-state index in [1.165, 1.54) is 194 Å². The van der Waals surface area contributed by atoms with Crippen LogP contribution in [-0.4, -0.2) is 209 Å². The third-order valence-corrected chi connectivity index (χ3v) is 24.7. The Hall–Kier alpha value is -9.58. The number of aryl methyl sites for hydroxylation is 6. The molecular weight excluding hydrogens is 1480 g/mol. The summed E-state index contributed by atoms with van der Waals surface area (Å²) in [5.74, 6) is 0.742. The lowest BCUT2D eigenvalue weighted by atomic mass is 9.89. The first kappa shape index (κ1) is 94.3. The van der Waals surface area contributed by atoms with E-state index in [9.17, 15) is 0 Å². The van der Waals surface area contributed by atoms with Gasteiger partial charge < -0.3 is 112 Å². The van der Waals surface area contributed by atoms with Gasteiger partial charge in [0.05, 0.1) is 0 Å². The van der Waals surface area contributed by atoms with Crippen LogP contribution in [0.15, 0.2) is 164 Å². The molecule has 0 amide bonds. The van der Waals surface area contributed by atoms with Gasteiger partial charge in [-0.1, -0.05) is 49.6 Å². The molecule has 120 heavy (non-hydrogen) atoms. The summed E-state index contributed by atoms with van der Waals surface area (Å²) < 4.78 is 0. The minimum absolute atomic E-state index is 0.557. The molecular formula is C99H153N21. The molecule has 0 aromatic heterocycles. The summed E-state index contributed by atoms with van der Waals surface area (Å²) >= 11 is 0. The van der Waals surface area contributed by atoms with Crippen LogP contribution in [0.2, 0.25) is 0 Å². The summed E-state index contributed by atoms with van der Waals surface area (Å²) in [6.07, 6.45) is 20.4. The average Bonchev–Trinajstić information content (AvgIpc) is 0.842. The van der Waals surface area contributed by atoms with E-state index in [1.54, 1.807) is 0 Å². The molecule has 7 aliphatic heterocycles. The molecule has 6 saturated heterocycles. The Balaban J connectivity index is 0.000000156. The number of piperidine rings is 4. The fraction of sp³-hybridized carbons (Fsp3) is 0.495. The highest BCUT2D eigenvalue weighted by Gasteiger charge is 2.25. The lowest BCUT2D eigenvalue weighted by Crippen LogP contribution is -2.45. The van der Waals surface area contributed by atoms with E-state index in [1.807, 2.05) is 91.0 Å². The zero-order chi connectivity index (χ0) is 86.0. The second kappa shape index (κ2) is 48.8. The molecule has 21 heteroatoms. The average molecular weight is 1640 g/mol. The molecule has 0 bridgehead atoms. The van der Waals surface area contributed by atoms with Crippen LogP contribution < -0.4 is 87.2 Å². The summed E-state index contributed by atoms with van der Waals surface area (Å²) in [7, 11) is 13.1. The van der Waals surface area contributed by atoms with Crippen LogP contribution >= 0.6 is 0 Å². The van der Waals surface area contributed by atoms with Crippen molar-refractivity contribution in [2.75, 3.05) is 237 Å². The van der Waals surface area contributed by atoms with Crippen molar-refractivity contribution in [3.63, 3.8) is 0 Å². The van der Waals surface area contributed by atoms with Gasteiger partial charge in [0, 0.05) is 196 Å². The fourth-order valence-corrected chi connectivity index (χ4v) is 17.3. The Morgan fingerprint density at radius 1 is 0.342 bits per heavy atom. The number of nitrogens with two attached hydrogens (primary N) is 8. The molecule has 7 heterocycles. The second-order valence-corrected chi connectivity index (χ2v) is 35.1. The van der Waals surface area contributed by atoms with E-state index in [2.05, 4.69) is 222 Å². The Kier molecular flexibility index (Phi) is 38.3. The van der Waals surface area contributed by atoms with Crippen molar-refractivity contribution >= 4 is 85.2 Å². The molecule has 8 aromatic carbocycles. The summed E-state index contributed by atoms with van der Waals surface area (Å²) in [5.41, 5.74) is 71.9. The predicted octanol–water partition coefficient (Wildman–Crippen LogP) is 15.6. The number of hydrogen-bond acceptors (Lipinski definition) is 21. The van der Waals surface area contributed by atoms with Gasteiger partial charge >= 0.3 is 0 Å². The molecule has 16 rings (SSSR count). The quantitative estimate of drug-likeness (QED) is 0.0506. The van der Waals surface area contributed by atoms with E-state index < -0.39 is 0 Å². The summed E-state index contributed by atoms with van der Waals surface area (Å²) in [4.78, 5) is 19.1. The molecule has 8 aromatic rings. The van der Waals surface area contributed by atoms with Gasteiger partial charge in [0.1, 0.15) is 0 Å². The van der Waals surface area contributed by atoms with Crippen LogP contribution in [0.25, 0.3) is 5.57 Å². The number of benzene rings is 8. The topological polar surface area (TPSA) is 294 Å². The van der Waals surface area contributed by atoms with Gasteiger partial charge in [-0.05, 0) is 370 Å². The molecule has 8 aliphatic rings. The van der Waals surface area contributed by atoms with E-state index in [-0.39, 0.29) is 0 Å². The number of rotatable bonds is 12. The molecule has 21 nitrogen and oxygen atoms in total. The van der Waals surface area contributed by atoms with Crippen molar-refractivity contribution in [2.45, 2.75) is 162 Å². The molecule has 1 aliphatic carbocycles. The maximum absolute atomic E-state index is 5.80. The largest absolute Gasteiger partial charge is 0.399 e. The van der Waals surface area contributed by atoms with Gasteiger partial charge in [0.25, 0.3) is 0 Å². The molecule has 0 spiro atoms. The van der Waals surface area contributed by atoms with Crippen molar-refractivity contribution in [3.8, 4) is 0 Å². The fourth-order valence-electron chi connectivity index (χ4n) is 17.3. The smallest absolute Gasteiger partial charge is 0.0414 e. The first-order valence-electron chi connectivity index (χ1n) is 44.6. The van der Waals surface area contributed by atoms with E-state index in [0.29, 0.717) is 24.2 Å². The van der Waals surface area contributed by atoms with Crippen molar-refractivity contribution in [1.82, 2.24) is 35.1 Å². The molecule has 1 saturated carbocycles. The van der Waals surface area contributed by atoms with Crippen LogP contribution in [0.1, 0.15) is 140 Å². The summed E-state index contributed by atoms with van der Waals surface area (Å²) in [6.45, 7) is 33.1. The second-order valence-electron chi connectivity index (χ2n) is 35.1. The number of hydrogen-bond donors (Lipinski definition) is 13. The van der Waals surface area contributed by atoms with Crippen LogP contribution in [0, 0.1) is 41.5 Å². The molecule has 21 N–H and O–H groups in total. The highest BCUT2D eigenvalue weighted by atomic mass is 15.3. The van der Waals surface area contributed by atoms with Crippen LogP contribution in [0.5, 0.6) is 0 Å². The number of likely N-dealkylation sites (N-methyl/N-ethyl adjacent to an activating group) is 5. The van der Waals surface area contributed by atoms with Crippen molar-refractivity contribution in [2.24, 2.45) is 0 Å². The molecule has 7 fully saturated rings. The van der Waals surface area contributed by atoms with Gasteiger partial charge in [-0.15, -0.1) is 0 Å². The van der Waals surface area contributed by atoms with Gasteiger partial charge in [0.2, 0.25) is 0 Å². The van der Waals surface area contributed by atoms with Crippen LogP contribution in [-0.2, 0) is 0 Å². The van der Waals surface area contributed by atoms with Crippen LogP contribution in [0.3, 0.4) is 0 Å². The molecule has 3 unspecified atom stereocenters. The Morgan fingerprint density at radius 2 is 0.775 bits per heavy atom. The minimum Gasteiger partial charge on any atom is -0.399 e. The molecule has 654 valence electrons. The Labute approximate surface area is 722 Å². The standard InChI is InChI=1S/C14H23N3.C13H21N3.C13H20N2.2C12H19N3.C12H18N2.C12H16N2.C11H17N3/c1-11-9-12(15)6-7-14(11)17(3)13-5-4-8-16(2)10-13;1-10-8-11(14)5-6-13(10)15-12-4-3-7-16(2)9-12;1-10-9-11(14)7-8-13(10)15-12-5-3-2-4-6-12;1-10-9-11(13)3-4-12(10)15-7-5-14(2)6-8-15;1-9-7-10(13)4-5-12(9)15-11-3-2-6-14-8-11;2*1-14-8-6-11(7-9-14)10-2-4-12(13)5-3-10;1-9-8-10(12)2-3-11(9)14-6-4-13-5-7-14/h6-7,9,13H,4-5,8,10,15H2,1-3H3;5-6,8,12,15H,3-4,7,9,14H2,1-2H3;7-9,12,15H,2-6,14H2,1H3;3-4,9H,5-8,13H2,1-2H3;4-5,7,11,14-15H,2-3,6,8,13H2,1H3;2-5,11H,6-9,13H2,1H3;2-6H,7-9,13H2,1H3;2-3,8,13H,4-7,12H2,1H3. The zero-order valence-electron chi connectivity index (χ0n) is 75.3. The summed E-state index contributed by atoms with van der Waals surface area (Å²) in [6, 6.07) is 55.6. The Bertz CT molecular complexity index is 4270. The van der Waals surface area contributed by atoms with Crippen LogP contribution in [0.4, 0.5) is 79.6 Å². The maximum atomic E-state index is 5.80. The highest BCUT2D eigenvalue weighted by Crippen LogP contribution is 2.32. The SMILES string of the molecule is CN1CC=C(c2ccc(N)cc2)CC1.CN1CCC(c2ccc(N)cc2)CC1.Cc1cc(N)ccc1N(C)C1CCCN(C)C1.Cc1cc(N)ccc1N1CCN(C)CC1.Cc1cc(N)ccc1N1CCNCC1.Cc1cc(N)ccc1NC1CCCCC1.Cc1cc(N)ccc1NC1CCCN(C)C1.Cc1cc(N)ccc1NC1CCCNC1. The number of nitrogens with one attached hydrogen (secondary N) is 5. The van der Waals surface area contributed by atoms with E-state index in [4.69, 9.17) is 45.9 Å². The maximum Gasteiger partial charge on any atom is 0.0414 e. The van der Waals surface area contributed by atoms with E-state index >= 15 is 0 Å². The van der Waals surface area contributed by atoms with Gasteiger partial charge in [-0.3, -0.25) is 0 Å². The Morgan fingerprint density at radius 3 is 1.25 bits per heavy atom. The molecule has 3 atom stereocenters. The highest BCUT2D eigenvalue weighted by molar-refractivity contribution is 5.68. The molecule has 0 radical (unpaired) electrons. The number of anilines is 14. The van der Waals surface area contributed by atoms with Crippen molar-refractivity contribution in [1.29, 1.82) is 0 Å². The number of nitrogens with zero attached hydrogens (tertiary/aromatic N) is 8. The van der Waals surface area contributed by atoms with Crippen molar-refractivity contribution in [3.05, 3.63) is 208 Å². The van der Waals surface area contributed by atoms with Gasteiger partial charge in [0.15, 0.2) is 0 Å². The monoisotopic (exact) mass is 1640 g/mol. The first-order chi connectivity index (χ1) is 57.7. The normalized spacial score (nSPS) is 19.5. The number of likely N-dealkylation sites (tertiary alicyclic amines) is 3.